The molecule has 0 aliphatic rings. The van der Waals surface area contributed by atoms with Crippen LogP contribution >= 0.6 is 0 Å². The van der Waals surface area contributed by atoms with Crippen LogP contribution in [0.15, 0.2) is 79.1 Å². The van der Waals surface area contributed by atoms with Crippen LogP contribution in [0.4, 0.5) is 10.3 Å². The Morgan fingerprint density at radius 3 is 2.38 bits per heavy atom. The molecule has 144 valence electrons. The van der Waals surface area contributed by atoms with E-state index in [1.54, 1.807) is 36.7 Å². The molecule has 0 saturated carbocycles. The molecular weight excluding hydrogens is 369 g/mol. The average molecular weight is 387 g/mol. The highest BCUT2D eigenvalue weighted by Crippen LogP contribution is 2.18. The number of anilines is 1. The Morgan fingerprint density at radius 1 is 0.931 bits per heavy atom. The van der Waals surface area contributed by atoms with Crippen molar-refractivity contribution < 1.29 is 9.18 Å². The van der Waals surface area contributed by atoms with Crippen LogP contribution in [0.2, 0.25) is 0 Å². The summed E-state index contributed by atoms with van der Waals surface area (Å²) in [6.45, 7) is 0.382. The number of carbonyl (C=O) groups is 1. The maximum Gasteiger partial charge on any atom is 0.254 e. The third kappa shape index (κ3) is 4.52. The number of hydrogen-bond acceptors (Lipinski definition) is 5. The van der Waals surface area contributed by atoms with Gasteiger partial charge in [-0.3, -0.25) is 9.78 Å². The first-order valence-electron chi connectivity index (χ1n) is 9.12. The van der Waals surface area contributed by atoms with Crippen LogP contribution in [0.5, 0.6) is 0 Å². The van der Waals surface area contributed by atoms with E-state index < -0.39 is 0 Å². The molecule has 0 saturated heterocycles. The van der Waals surface area contributed by atoms with Gasteiger partial charge >= 0.3 is 0 Å². The van der Waals surface area contributed by atoms with E-state index in [4.69, 9.17) is 0 Å². The van der Waals surface area contributed by atoms with E-state index in [1.807, 2.05) is 30.3 Å². The lowest BCUT2D eigenvalue weighted by molar-refractivity contribution is 0.0901. The first kappa shape index (κ1) is 18.5. The molecule has 2 heterocycles. The third-order valence-corrected chi connectivity index (χ3v) is 4.34. The smallest absolute Gasteiger partial charge is 0.254 e. The van der Waals surface area contributed by atoms with E-state index >= 15 is 0 Å². The number of pyridine rings is 1. The van der Waals surface area contributed by atoms with Gasteiger partial charge in [-0.25, -0.2) is 4.39 Å². The summed E-state index contributed by atoms with van der Waals surface area (Å²) in [4.78, 5) is 21.4. The van der Waals surface area contributed by atoms with Crippen molar-refractivity contribution in [3.63, 3.8) is 0 Å². The van der Waals surface area contributed by atoms with Gasteiger partial charge in [0.05, 0.1) is 6.42 Å². The Balaban J connectivity index is 1.61. The zero-order valence-corrected chi connectivity index (χ0v) is 15.5. The normalized spacial score (nSPS) is 10.7. The minimum atomic E-state index is -0.296. The van der Waals surface area contributed by atoms with Crippen LogP contribution < -0.4 is 5.32 Å². The van der Waals surface area contributed by atoms with Gasteiger partial charge in [-0.1, -0.05) is 42.5 Å². The molecule has 0 radical (unpaired) electrons. The first-order valence-corrected chi connectivity index (χ1v) is 9.12. The predicted octanol–water partition coefficient (Wildman–Crippen LogP) is 3.97. The highest BCUT2D eigenvalue weighted by molar-refractivity contribution is 5.83. The van der Waals surface area contributed by atoms with Crippen molar-refractivity contribution in [2.75, 3.05) is 5.32 Å². The Labute approximate surface area is 167 Å². The van der Waals surface area contributed by atoms with Crippen molar-refractivity contribution in [1.82, 2.24) is 19.7 Å². The lowest BCUT2D eigenvalue weighted by Gasteiger charge is -2.07. The molecule has 0 amide bonds. The van der Waals surface area contributed by atoms with E-state index in [-0.39, 0.29) is 18.1 Å². The van der Waals surface area contributed by atoms with Gasteiger partial charge in [0.25, 0.3) is 5.91 Å². The zero-order chi connectivity index (χ0) is 20.1. The average Bonchev–Trinajstić information content (AvgIpc) is 3.19. The molecule has 1 N–H and O–H groups in total. The second-order valence-electron chi connectivity index (χ2n) is 6.44. The number of halogens is 1. The molecule has 0 unspecified atom stereocenters. The molecular formula is C22H18FN5O. The molecule has 0 fully saturated rings. The van der Waals surface area contributed by atoms with Gasteiger partial charge in [-0.15, -0.1) is 5.10 Å². The molecule has 7 heteroatoms. The van der Waals surface area contributed by atoms with E-state index in [9.17, 15) is 9.18 Å². The number of rotatable bonds is 6. The summed E-state index contributed by atoms with van der Waals surface area (Å²) in [6.07, 6.45) is 3.49. The topological polar surface area (TPSA) is 72.7 Å². The van der Waals surface area contributed by atoms with Gasteiger partial charge in [0, 0.05) is 24.5 Å². The van der Waals surface area contributed by atoms with E-state index in [0.717, 1.165) is 16.7 Å². The van der Waals surface area contributed by atoms with E-state index in [2.05, 4.69) is 20.4 Å². The van der Waals surface area contributed by atoms with Gasteiger partial charge in [0.15, 0.2) is 5.82 Å². The van der Waals surface area contributed by atoms with Crippen LogP contribution in [0.25, 0.3) is 11.4 Å². The molecule has 2 aromatic carbocycles. The van der Waals surface area contributed by atoms with Gasteiger partial charge < -0.3 is 5.32 Å². The fraction of sp³-hybridized carbons (Fsp3) is 0.0909. The Hall–Kier alpha value is -3.87. The molecule has 4 aromatic rings. The molecule has 0 aliphatic carbocycles. The molecule has 0 spiro atoms. The van der Waals surface area contributed by atoms with Crippen LogP contribution in [0, 0.1) is 5.82 Å². The van der Waals surface area contributed by atoms with Crippen molar-refractivity contribution >= 4 is 11.9 Å². The maximum absolute atomic E-state index is 13.1. The van der Waals surface area contributed by atoms with Crippen molar-refractivity contribution in [2.24, 2.45) is 0 Å². The minimum absolute atomic E-state index is 0.200. The summed E-state index contributed by atoms with van der Waals surface area (Å²) in [5.41, 5.74) is 2.51. The van der Waals surface area contributed by atoms with E-state index in [0.29, 0.717) is 18.3 Å². The molecule has 29 heavy (non-hydrogen) atoms. The van der Waals surface area contributed by atoms with Gasteiger partial charge in [0.2, 0.25) is 5.95 Å². The molecule has 0 bridgehead atoms. The molecule has 0 atom stereocenters. The van der Waals surface area contributed by atoms with Crippen molar-refractivity contribution in [3.8, 4) is 11.4 Å². The maximum atomic E-state index is 13.1. The van der Waals surface area contributed by atoms with Crippen LogP contribution in [-0.2, 0) is 13.0 Å². The quantitative estimate of drug-likeness (QED) is 0.542. The van der Waals surface area contributed by atoms with Gasteiger partial charge in [-0.2, -0.15) is 9.67 Å². The van der Waals surface area contributed by atoms with Crippen LogP contribution in [0.1, 0.15) is 15.9 Å². The lowest BCUT2D eigenvalue weighted by atomic mass is 10.1. The second-order valence-corrected chi connectivity index (χ2v) is 6.44. The number of nitrogens with zero attached hydrogens (tertiary/aromatic N) is 4. The lowest BCUT2D eigenvalue weighted by Crippen LogP contribution is -2.18. The largest absolute Gasteiger partial charge is 0.350 e. The summed E-state index contributed by atoms with van der Waals surface area (Å²) in [6, 6.07) is 19.2. The molecule has 2 aromatic heterocycles. The Morgan fingerprint density at radius 2 is 1.66 bits per heavy atom. The highest BCUT2D eigenvalue weighted by atomic mass is 19.1. The molecule has 0 aliphatic heterocycles. The number of hydrogen-bond donors (Lipinski definition) is 1. The van der Waals surface area contributed by atoms with Gasteiger partial charge in [-0.05, 0) is 35.4 Å². The summed E-state index contributed by atoms with van der Waals surface area (Å²) in [7, 11) is 0. The van der Waals surface area contributed by atoms with Crippen LogP contribution in [0.3, 0.4) is 0 Å². The Kier molecular flexibility index (Phi) is 5.38. The summed E-state index contributed by atoms with van der Waals surface area (Å²) in [5, 5.41) is 7.54. The van der Waals surface area contributed by atoms with Crippen LogP contribution in [-0.4, -0.2) is 25.7 Å². The first-order chi connectivity index (χ1) is 14.2. The zero-order valence-electron chi connectivity index (χ0n) is 15.5. The van der Waals surface area contributed by atoms with Gasteiger partial charge in [0.1, 0.15) is 5.82 Å². The van der Waals surface area contributed by atoms with E-state index in [1.165, 1.54) is 16.8 Å². The fourth-order valence-corrected chi connectivity index (χ4v) is 2.85. The third-order valence-electron chi connectivity index (χ3n) is 4.34. The molecule has 4 rings (SSSR count). The minimum Gasteiger partial charge on any atom is -0.350 e. The fourth-order valence-electron chi connectivity index (χ4n) is 2.85. The molecule has 6 nitrogen and oxygen atoms in total. The predicted molar refractivity (Wildman–Crippen MR) is 108 cm³/mol. The summed E-state index contributed by atoms with van der Waals surface area (Å²) in [5.74, 6) is 0.262. The second kappa shape index (κ2) is 8.43. The number of aromatic nitrogens is 4. The number of carbonyl (C=O) groups excluding carboxylic acids is 1. The number of nitrogens with one attached hydrogen (secondary N) is 1. The monoisotopic (exact) mass is 387 g/mol. The Bertz CT molecular complexity index is 1100. The van der Waals surface area contributed by atoms with Crippen molar-refractivity contribution in [3.05, 3.63) is 96.1 Å². The standard InChI is InChI=1S/C22H18FN5O/c23-19-8-6-17(7-9-19)15-25-22-26-21(18-10-12-24-13-11-18)27-28(22)20(29)14-16-4-2-1-3-5-16/h1-13H,14-15H2,(H,25,26,27). The summed E-state index contributed by atoms with van der Waals surface area (Å²) < 4.78 is 14.4. The summed E-state index contributed by atoms with van der Waals surface area (Å²) >= 11 is 0. The highest BCUT2D eigenvalue weighted by Gasteiger charge is 2.17. The SMILES string of the molecule is O=C(Cc1ccccc1)n1nc(-c2ccncc2)nc1NCc1ccc(F)cc1. The number of benzene rings is 2. The van der Waals surface area contributed by atoms with Crippen molar-refractivity contribution in [1.29, 1.82) is 0 Å². The van der Waals surface area contributed by atoms with Crippen molar-refractivity contribution in [2.45, 2.75) is 13.0 Å².